The second-order valence-corrected chi connectivity index (χ2v) is 8.55. The molecule has 1 aliphatic rings. The molecule has 3 aromatic rings. The van der Waals surface area contributed by atoms with Crippen molar-refractivity contribution in [3.05, 3.63) is 59.1 Å². The Kier molecular flexibility index (Phi) is 6.42. The van der Waals surface area contributed by atoms with Crippen molar-refractivity contribution >= 4 is 11.3 Å². The Balaban J connectivity index is 0.00000240. The van der Waals surface area contributed by atoms with Crippen molar-refractivity contribution in [3.63, 3.8) is 0 Å². The van der Waals surface area contributed by atoms with Gasteiger partial charge in [-0.3, -0.25) is 0 Å². The maximum Gasteiger partial charge on any atom is 0.126 e. The number of rotatable bonds is 4. The van der Waals surface area contributed by atoms with Gasteiger partial charge in [0.05, 0.1) is 23.8 Å². The van der Waals surface area contributed by atoms with Crippen LogP contribution in [0.4, 0.5) is 0 Å². The number of hydrogen-bond donors (Lipinski definition) is 2. The van der Waals surface area contributed by atoms with Crippen LogP contribution in [0.1, 0.15) is 43.7 Å². The van der Waals surface area contributed by atoms with Gasteiger partial charge < -0.3 is 14.9 Å². The van der Waals surface area contributed by atoms with Crippen molar-refractivity contribution in [3.8, 4) is 27.4 Å². The first-order chi connectivity index (χ1) is 13.5. The van der Waals surface area contributed by atoms with Crippen LogP contribution < -0.4 is 4.74 Å². The number of aliphatic hydroxyl groups excluding tert-OH is 1. The van der Waals surface area contributed by atoms with Crippen LogP contribution in [-0.4, -0.2) is 28.4 Å². The monoisotopic (exact) mass is 411 g/mol. The predicted octanol–water partition coefficient (Wildman–Crippen LogP) is 5.55. The lowest BCUT2D eigenvalue weighted by atomic mass is 9.84. The van der Waals surface area contributed by atoms with Gasteiger partial charge in [0, 0.05) is 5.56 Å². The maximum atomic E-state index is 11.2. The number of aromatic nitrogens is 1. The molecule has 0 aliphatic heterocycles. The minimum absolute atomic E-state index is 0. The number of hydrogen-bond acceptors (Lipinski definition) is 5. The summed E-state index contributed by atoms with van der Waals surface area (Å²) < 4.78 is 5.28. The molecule has 0 radical (unpaired) electrons. The molecule has 2 aromatic carbocycles. The quantitative estimate of drug-likeness (QED) is 0.591. The largest absolute Gasteiger partial charge is 0.497 e. The number of aliphatic hydroxyl groups is 2. The fourth-order valence-corrected chi connectivity index (χ4v) is 4.90. The minimum atomic E-state index is -0.964. The van der Waals surface area contributed by atoms with E-state index in [1.807, 2.05) is 24.3 Å². The zero-order valence-electron chi connectivity index (χ0n) is 16.2. The molecule has 1 saturated carbocycles. The van der Waals surface area contributed by atoms with E-state index in [2.05, 4.69) is 31.2 Å². The fraction of sp³-hybridized carbons (Fsp3) is 0.375. The molecule has 1 aliphatic carbocycles. The van der Waals surface area contributed by atoms with Crippen LogP contribution in [0.3, 0.4) is 0 Å². The van der Waals surface area contributed by atoms with Gasteiger partial charge in [-0.05, 0) is 62.4 Å². The first-order valence-electron chi connectivity index (χ1n) is 9.62. The number of ether oxygens (including phenoxy) is 1. The Labute approximate surface area is 176 Å². The van der Waals surface area contributed by atoms with Crippen LogP contribution in [0.15, 0.2) is 48.5 Å². The van der Waals surface area contributed by atoms with Crippen molar-refractivity contribution in [1.29, 1.82) is 0 Å². The summed E-state index contributed by atoms with van der Waals surface area (Å²) >= 11 is 1.56. The molecule has 0 spiro atoms. The van der Waals surface area contributed by atoms with Crippen LogP contribution in [0.5, 0.6) is 5.75 Å². The second-order valence-electron chi connectivity index (χ2n) is 7.55. The van der Waals surface area contributed by atoms with Crippen molar-refractivity contribution in [2.45, 2.75) is 51.7 Å². The van der Waals surface area contributed by atoms with Gasteiger partial charge in [0.1, 0.15) is 16.4 Å². The van der Waals surface area contributed by atoms with Gasteiger partial charge in [-0.2, -0.15) is 0 Å². The third-order valence-corrected chi connectivity index (χ3v) is 6.78. The smallest absolute Gasteiger partial charge is 0.126 e. The third kappa shape index (κ3) is 4.37. The molecule has 0 bridgehead atoms. The van der Waals surface area contributed by atoms with Crippen molar-refractivity contribution in [2.75, 3.05) is 7.11 Å². The van der Waals surface area contributed by atoms with E-state index in [1.165, 1.54) is 5.56 Å². The summed E-state index contributed by atoms with van der Waals surface area (Å²) in [6.45, 7) is 2.07. The number of aryl methyl sites for hydroxylation is 1. The van der Waals surface area contributed by atoms with E-state index in [4.69, 9.17) is 9.72 Å². The minimum Gasteiger partial charge on any atom is -0.497 e. The Bertz CT molecular complexity index is 939. The summed E-state index contributed by atoms with van der Waals surface area (Å²) in [6.07, 6.45) is 1.97. The lowest BCUT2D eigenvalue weighted by Gasteiger charge is -2.32. The van der Waals surface area contributed by atoms with Crippen molar-refractivity contribution in [2.24, 2.45) is 0 Å². The van der Waals surface area contributed by atoms with E-state index in [-0.39, 0.29) is 13.5 Å². The molecule has 4 rings (SSSR count). The van der Waals surface area contributed by atoms with Gasteiger partial charge in [0.25, 0.3) is 0 Å². The summed E-state index contributed by atoms with van der Waals surface area (Å²) in [5.41, 5.74) is 3.22. The van der Waals surface area contributed by atoms with Gasteiger partial charge >= 0.3 is 0 Å². The number of methoxy groups -OCH3 is 1. The topological polar surface area (TPSA) is 62.6 Å². The van der Waals surface area contributed by atoms with E-state index in [0.717, 1.165) is 32.5 Å². The molecule has 0 saturated heterocycles. The number of benzene rings is 2. The average molecular weight is 412 g/mol. The van der Waals surface area contributed by atoms with Crippen LogP contribution in [0, 0.1) is 6.92 Å². The molecule has 0 unspecified atom stereocenters. The molecule has 4 nitrogen and oxygen atoms in total. The van der Waals surface area contributed by atoms with Gasteiger partial charge in [0.15, 0.2) is 0 Å². The van der Waals surface area contributed by atoms with E-state index in [1.54, 1.807) is 18.4 Å². The van der Waals surface area contributed by atoms with Crippen LogP contribution in [-0.2, 0) is 5.60 Å². The van der Waals surface area contributed by atoms with Gasteiger partial charge in [-0.15, -0.1) is 11.3 Å². The van der Waals surface area contributed by atoms with Crippen LogP contribution >= 0.6 is 11.3 Å². The molecule has 29 heavy (non-hydrogen) atoms. The number of thiazole rings is 1. The summed E-state index contributed by atoms with van der Waals surface area (Å²) in [5, 5.41) is 21.8. The summed E-state index contributed by atoms with van der Waals surface area (Å²) in [7, 11) is 1.65. The Morgan fingerprint density at radius 2 is 1.59 bits per heavy atom. The Morgan fingerprint density at radius 3 is 2.17 bits per heavy atom. The first-order valence-corrected chi connectivity index (χ1v) is 10.4. The van der Waals surface area contributed by atoms with Gasteiger partial charge in [-0.1, -0.05) is 37.3 Å². The molecule has 0 atom stereocenters. The molecule has 1 fully saturated rings. The molecular weight excluding hydrogens is 382 g/mol. The van der Waals surface area contributed by atoms with Crippen molar-refractivity contribution < 1.29 is 14.9 Å². The first kappa shape index (κ1) is 21.5. The van der Waals surface area contributed by atoms with E-state index < -0.39 is 5.60 Å². The molecule has 1 heterocycles. The van der Waals surface area contributed by atoms with E-state index >= 15 is 0 Å². The van der Waals surface area contributed by atoms with E-state index in [9.17, 15) is 10.2 Å². The molecule has 0 amide bonds. The fourth-order valence-electron chi connectivity index (χ4n) is 3.66. The Hall–Kier alpha value is -2.21. The zero-order valence-corrected chi connectivity index (χ0v) is 17.0. The summed E-state index contributed by atoms with van der Waals surface area (Å²) in [5.74, 6) is 0.802. The third-order valence-electron chi connectivity index (χ3n) is 5.48. The highest BCUT2D eigenvalue weighted by Crippen LogP contribution is 2.45. The highest BCUT2D eigenvalue weighted by molar-refractivity contribution is 7.15. The molecule has 5 heteroatoms. The molecular formula is C24H29NO3S. The zero-order chi connectivity index (χ0) is 19.7. The van der Waals surface area contributed by atoms with Crippen LogP contribution in [0.2, 0.25) is 0 Å². The Morgan fingerprint density at radius 1 is 1.00 bits per heavy atom. The molecule has 2 N–H and O–H groups in total. The predicted molar refractivity (Wildman–Crippen MR) is 119 cm³/mol. The molecule has 1 aromatic heterocycles. The van der Waals surface area contributed by atoms with Gasteiger partial charge in [-0.25, -0.2) is 4.98 Å². The van der Waals surface area contributed by atoms with E-state index in [0.29, 0.717) is 25.7 Å². The average Bonchev–Trinajstić information content (AvgIpc) is 3.17. The lowest BCUT2D eigenvalue weighted by molar-refractivity contribution is -0.0361. The van der Waals surface area contributed by atoms with Gasteiger partial charge in [0.2, 0.25) is 0 Å². The highest BCUT2D eigenvalue weighted by atomic mass is 32.1. The SMILES string of the molecule is C.COc1ccc(-c2nc(C3(O)CCC(O)CC3)sc2-c2ccc(C)cc2)cc1. The molecule has 154 valence electrons. The maximum absolute atomic E-state index is 11.2. The lowest BCUT2D eigenvalue weighted by Crippen LogP contribution is -2.33. The summed E-state index contributed by atoms with van der Waals surface area (Å²) in [6, 6.07) is 16.3. The second kappa shape index (κ2) is 8.66. The number of nitrogens with zero attached hydrogens (tertiary/aromatic N) is 1. The highest BCUT2D eigenvalue weighted by Gasteiger charge is 2.38. The standard InChI is InChI=1S/C23H25NO3S.CH4/c1-15-3-5-17(6-4-15)21-20(16-7-9-19(27-2)10-8-16)24-22(28-21)23(26)13-11-18(25)12-14-23;/h3-10,18,25-26H,11-14H2,1-2H3;1H4. The van der Waals surface area contributed by atoms with Crippen molar-refractivity contribution in [1.82, 2.24) is 4.98 Å². The van der Waals surface area contributed by atoms with Crippen LogP contribution in [0.25, 0.3) is 21.7 Å². The summed E-state index contributed by atoms with van der Waals surface area (Å²) in [4.78, 5) is 5.96. The normalized spacial score (nSPS) is 21.4.